The predicted octanol–water partition coefficient (Wildman–Crippen LogP) is -0.278. The Balaban J connectivity index is 2.33. The Hall–Kier alpha value is -1.01. The van der Waals surface area contributed by atoms with Gasteiger partial charge >= 0.3 is 5.69 Å². The Morgan fingerprint density at radius 1 is 1.67 bits per heavy atom. The lowest BCUT2D eigenvalue weighted by Gasteiger charge is -2.18. The summed E-state index contributed by atoms with van der Waals surface area (Å²) in [5.41, 5.74) is 5.08. The van der Waals surface area contributed by atoms with Gasteiger partial charge in [-0.1, -0.05) is 0 Å². The Morgan fingerprint density at radius 3 is 3.13 bits per heavy atom. The van der Waals surface area contributed by atoms with Crippen molar-refractivity contribution in [3.05, 3.63) is 22.7 Å². The minimum atomic E-state index is -0.332. The van der Waals surface area contributed by atoms with Crippen molar-refractivity contribution in [2.24, 2.45) is 5.92 Å². The smallest absolute Gasteiger partial charge is 0.349 e. The maximum atomic E-state index is 11.6. The van der Waals surface area contributed by atoms with Gasteiger partial charge in [-0.15, -0.1) is 0 Å². The Labute approximate surface area is 91.3 Å². The molecule has 0 bridgehead atoms. The van der Waals surface area contributed by atoms with Gasteiger partial charge in [-0.25, -0.2) is 4.79 Å². The van der Waals surface area contributed by atoms with Gasteiger partial charge < -0.3 is 10.8 Å². The van der Waals surface area contributed by atoms with Crippen LogP contribution in [0.5, 0.6) is 0 Å². The van der Waals surface area contributed by atoms with Crippen LogP contribution in [0.4, 0.5) is 5.82 Å². The lowest BCUT2D eigenvalue weighted by Crippen LogP contribution is -2.31. The number of nitrogen functional groups attached to an aromatic ring is 1. The van der Waals surface area contributed by atoms with Crippen LogP contribution in [0, 0.1) is 5.92 Å². The number of rotatable bonds is 2. The highest BCUT2D eigenvalue weighted by Crippen LogP contribution is 2.32. The fraction of sp³-hybridized carbons (Fsp3) is 0.556. The summed E-state index contributed by atoms with van der Waals surface area (Å²) in [7, 11) is 0. The van der Waals surface area contributed by atoms with Crippen LogP contribution in [0.2, 0.25) is 0 Å². The summed E-state index contributed by atoms with van der Waals surface area (Å²) < 4.78 is 1.57. The highest BCUT2D eigenvalue weighted by atomic mass is 32.2. The van der Waals surface area contributed by atoms with Gasteiger partial charge in [0.1, 0.15) is 5.82 Å². The van der Waals surface area contributed by atoms with E-state index in [0.717, 1.165) is 11.5 Å². The van der Waals surface area contributed by atoms with E-state index in [0.29, 0.717) is 0 Å². The van der Waals surface area contributed by atoms with Gasteiger partial charge in [-0.2, -0.15) is 16.7 Å². The quantitative estimate of drug-likeness (QED) is 0.726. The lowest BCUT2D eigenvalue weighted by molar-refractivity contribution is 0.206. The van der Waals surface area contributed by atoms with E-state index >= 15 is 0 Å². The van der Waals surface area contributed by atoms with Crippen molar-refractivity contribution in [3.63, 3.8) is 0 Å². The second-order valence-corrected chi connectivity index (χ2v) is 4.66. The van der Waals surface area contributed by atoms with Gasteiger partial charge in [0.05, 0.1) is 6.04 Å². The molecule has 1 aliphatic rings. The van der Waals surface area contributed by atoms with Gasteiger partial charge in [0.25, 0.3) is 0 Å². The molecule has 5 nitrogen and oxygen atoms in total. The fourth-order valence-electron chi connectivity index (χ4n) is 1.75. The number of hydrogen-bond acceptors (Lipinski definition) is 5. The number of aliphatic hydroxyl groups excluding tert-OH is 1. The van der Waals surface area contributed by atoms with Crippen molar-refractivity contribution in [1.29, 1.82) is 0 Å². The highest BCUT2D eigenvalue weighted by Gasteiger charge is 2.29. The molecular formula is C9H13N3O2S. The van der Waals surface area contributed by atoms with E-state index < -0.39 is 0 Å². The molecule has 15 heavy (non-hydrogen) atoms. The first kappa shape index (κ1) is 10.5. The van der Waals surface area contributed by atoms with Crippen molar-refractivity contribution in [1.82, 2.24) is 9.55 Å². The number of anilines is 1. The van der Waals surface area contributed by atoms with E-state index in [-0.39, 0.29) is 30.1 Å². The largest absolute Gasteiger partial charge is 0.396 e. The Morgan fingerprint density at radius 2 is 2.47 bits per heavy atom. The van der Waals surface area contributed by atoms with Crippen LogP contribution in [0.15, 0.2) is 17.1 Å². The van der Waals surface area contributed by atoms with Crippen LogP contribution in [-0.4, -0.2) is 32.8 Å². The first-order chi connectivity index (χ1) is 7.22. The molecule has 1 aromatic heterocycles. The molecule has 1 aromatic rings. The normalized spacial score (nSPS) is 25.7. The monoisotopic (exact) mass is 227 g/mol. The second-order valence-electron chi connectivity index (χ2n) is 3.59. The van der Waals surface area contributed by atoms with Crippen LogP contribution >= 0.6 is 11.8 Å². The lowest BCUT2D eigenvalue weighted by atomic mass is 10.1. The molecule has 0 aliphatic carbocycles. The first-order valence-corrected chi connectivity index (χ1v) is 5.91. The van der Waals surface area contributed by atoms with Gasteiger partial charge in [-0.05, 0) is 6.07 Å². The van der Waals surface area contributed by atoms with E-state index in [9.17, 15) is 4.79 Å². The topological polar surface area (TPSA) is 81.1 Å². The number of nitrogens with zero attached hydrogens (tertiary/aromatic N) is 2. The molecule has 1 aliphatic heterocycles. The van der Waals surface area contributed by atoms with Crippen molar-refractivity contribution in [2.45, 2.75) is 6.04 Å². The molecule has 3 N–H and O–H groups in total. The van der Waals surface area contributed by atoms with E-state index in [1.165, 1.54) is 0 Å². The average Bonchev–Trinajstić information content (AvgIpc) is 2.65. The summed E-state index contributed by atoms with van der Waals surface area (Å²) in [5.74, 6) is 2.11. The number of nitrogens with two attached hydrogens (primary N) is 1. The number of hydrogen-bond donors (Lipinski definition) is 2. The third-order valence-electron chi connectivity index (χ3n) is 2.61. The van der Waals surface area contributed by atoms with Gasteiger partial charge in [0.2, 0.25) is 0 Å². The molecular weight excluding hydrogens is 214 g/mol. The molecule has 0 amide bonds. The molecule has 0 saturated carbocycles. The van der Waals surface area contributed by atoms with Crippen LogP contribution in [0.1, 0.15) is 6.04 Å². The van der Waals surface area contributed by atoms with Gasteiger partial charge in [0, 0.05) is 30.2 Å². The zero-order chi connectivity index (χ0) is 10.8. The van der Waals surface area contributed by atoms with Crippen LogP contribution in [0.25, 0.3) is 0 Å². The summed E-state index contributed by atoms with van der Waals surface area (Å²) >= 11 is 1.74. The Kier molecular flexibility index (Phi) is 2.97. The minimum Gasteiger partial charge on any atom is -0.396 e. The fourth-order valence-corrected chi connectivity index (χ4v) is 3.19. The Bertz CT molecular complexity index is 407. The summed E-state index contributed by atoms with van der Waals surface area (Å²) in [4.78, 5) is 15.3. The second kappa shape index (κ2) is 4.24. The third-order valence-corrected chi connectivity index (χ3v) is 3.85. The summed E-state index contributed by atoms with van der Waals surface area (Å²) in [6.07, 6.45) is 1.66. The molecule has 1 saturated heterocycles. The third kappa shape index (κ3) is 2.00. The number of thioether (sulfide) groups is 1. The van der Waals surface area contributed by atoms with Crippen LogP contribution in [-0.2, 0) is 0 Å². The molecule has 2 heterocycles. The number of aromatic nitrogens is 2. The SMILES string of the molecule is Nc1ccn([C@H]2CSC[C@H]2CO)c(=O)n1. The average molecular weight is 227 g/mol. The molecule has 0 unspecified atom stereocenters. The molecule has 0 spiro atoms. The van der Waals surface area contributed by atoms with E-state index in [2.05, 4.69) is 4.98 Å². The van der Waals surface area contributed by atoms with Crippen molar-refractivity contribution in [2.75, 3.05) is 23.8 Å². The molecule has 82 valence electrons. The molecule has 2 rings (SSSR count). The van der Waals surface area contributed by atoms with Crippen molar-refractivity contribution in [3.8, 4) is 0 Å². The van der Waals surface area contributed by atoms with E-state index in [1.54, 1.807) is 28.6 Å². The molecule has 0 radical (unpaired) electrons. The van der Waals surface area contributed by atoms with Crippen molar-refractivity contribution >= 4 is 17.6 Å². The summed E-state index contributed by atoms with van der Waals surface area (Å²) in [5, 5.41) is 9.17. The van der Waals surface area contributed by atoms with Gasteiger partial charge in [0.15, 0.2) is 0 Å². The van der Waals surface area contributed by atoms with Crippen LogP contribution < -0.4 is 11.4 Å². The zero-order valence-electron chi connectivity index (χ0n) is 8.17. The molecule has 6 heteroatoms. The minimum absolute atomic E-state index is 0.0422. The number of aliphatic hydroxyl groups is 1. The predicted molar refractivity (Wildman–Crippen MR) is 59.8 cm³/mol. The summed E-state index contributed by atoms with van der Waals surface area (Å²) in [6, 6.07) is 1.65. The maximum absolute atomic E-state index is 11.6. The molecule has 1 fully saturated rings. The van der Waals surface area contributed by atoms with E-state index in [4.69, 9.17) is 10.8 Å². The summed E-state index contributed by atoms with van der Waals surface area (Å²) in [6.45, 7) is 0.106. The van der Waals surface area contributed by atoms with Crippen LogP contribution in [0.3, 0.4) is 0 Å². The van der Waals surface area contributed by atoms with Crippen molar-refractivity contribution < 1.29 is 5.11 Å². The van der Waals surface area contributed by atoms with E-state index in [1.807, 2.05) is 0 Å². The first-order valence-electron chi connectivity index (χ1n) is 4.75. The zero-order valence-corrected chi connectivity index (χ0v) is 8.98. The highest BCUT2D eigenvalue weighted by molar-refractivity contribution is 7.99. The molecule has 2 atom stereocenters. The maximum Gasteiger partial charge on any atom is 0.349 e. The molecule has 0 aromatic carbocycles. The van der Waals surface area contributed by atoms with Gasteiger partial charge in [-0.3, -0.25) is 4.57 Å². The standard InChI is InChI=1S/C9H13N3O2S/c10-8-1-2-12(9(14)11-8)7-5-15-4-6(7)3-13/h1-2,6-7,13H,3-5H2,(H2,10,11,14)/t6-,7+/m1/s1.